The van der Waals surface area contributed by atoms with Gasteiger partial charge in [0.1, 0.15) is 30.8 Å². The number of rotatable bonds is 28. The fourth-order valence-corrected chi connectivity index (χ4v) is 15.9. The summed E-state index contributed by atoms with van der Waals surface area (Å²) in [5.41, 5.74) is -6.92. The first-order chi connectivity index (χ1) is 43.3. The number of carbonyl (C=O) groups excluding carboxylic acids is 2. The van der Waals surface area contributed by atoms with E-state index in [4.69, 9.17) is 23.1 Å². The Bertz CT molecular complexity index is 2910. The van der Waals surface area contributed by atoms with Gasteiger partial charge in [-0.1, -0.05) is 130 Å². The minimum absolute atomic E-state index is 0.0104. The summed E-state index contributed by atoms with van der Waals surface area (Å²) in [6.07, 6.45) is 9.93. The Morgan fingerprint density at radius 2 is 1.04 bits per heavy atom. The third-order valence-electron chi connectivity index (χ3n) is 18.4. The second kappa shape index (κ2) is 36.7. The van der Waals surface area contributed by atoms with Crippen LogP contribution in [0.5, 0.6) is 11.5 Å². The number of alkyl halides is 9. The molecule has 0 aliphatic heterocycles. The maximum absolute atomic E-state index is 13.4. The predicted octanol–water partition coefficient (Wildman–Crippen LogP) is 17.5. The van der Waals surface area contributed by atoms with E-state index < -0.39 is 93.5 Å². The van der Waals surface area contributed by atoms with Gasteiger partial charge in [-0.3, -0.25) is 9.59 Å². The average molecular weight is 1440 g/mol. The van der Waals surface area contributed by atoms with Crippen LogP contribution in [-0.4, -0.2) is 124 Å². The first kappa shape index (κ1) is 86.8. The highest BCUT2D eigenvalue weighted by atomic mass is 32.2. The maximum Gasteiger partial charge on any atom is 0.522 e. The highest BCUT2D eigenvalue weighted by Crippen LogP contribution is 2.48. The number of allylic oxidation sites excluding steroid dienone is 5. The van der Waals surface area contributed by atoms with Crippen molar-refractivity contribution in [2.24, 2.45) is 29.6 Å². The van der Waals surface area contributed by atoms with Gasteiger partial charge in [0.15, 0.2) is 16.6 Å². The van der Waals surface area contributed by atoms with Crippen molar-refractivity contribution < 1.29 is 105 Å². The van der Waals surface area contributed by atoms with Crippen molar-refractivity contribution in [1.82, 2.24) is 0 Å². The summed E-state index contributed by atoms with van der Waals surface area (Å²) in [7, 11) is -9.96. The molecular weight excluding hydrogens is 1330 g/mol. The lowest BCUT2D eigenvalue weighted by molar-refractivity contribution is -0.141. The summed E-state index contributed by atoms with van der Waals surface area (Å²) < 4.78 is 175. The molecule has 2 aliphatic carbocycles. The second-order valence-corrected chi connectivity index (χ2v) is 45.1. The molecule has 0 amide bonds. The first-order valence-corrected chi connectivity index (χ1v) is 42.3. The van der Waals surface area contributed by atoms with Crippen LogP contribution in [0.1, 0.15) is 145 Å². The van der Waals surface area contributed by atoms with Gasteiger partial charge in [0.05, 0.1) is 43.7 Å². The van der Waals surface area contributed by atoms with E-state index in [-0.39, 0.29) is 82.9 Å². The van der Waals surface area contributed by atoms with Gasteiger partial charge in [0.25, 0.3) is 0 Å². The average Bonchev–Trinajstić information content (AvgIpc) is 1.79. The molecule has 2 fully saturated rings. The zero-order valence-corrected chi connectivity index (χ0v) is 62.5. The minimum Gasteiger partial charge on any atom is -0.491 e. The normalized spacial score (nSPS) is 22.0. The second-order valence-electron chi connectivity index (χ2n) is 29.0. The SMILES string of the molecule is CC(C)(C)[Si](C)(C)OS(=O)(=O)C(F)(F)F.COC(=O)CCC/C=C\C[C@@H]1[C@@H](/C=C/[C@@H](O)COc2cccc(C(F)(F)F)c2)[C@H](O)C[C@@H]1O.COC(=O)CCC/C=C\C[C@@H]1[C@@H](/C=C/[C@H](COc2cccc(C(F)(F)F)c2)O[Si](C)(C)C(C)(C)C)[C@H](C)C[C@@H]1O[Si](C)(C)C(C)(C)C. The quantitative estimate of drug-likeness (QED) is 0.0182. The molecule has 95 heavy (non-hydrogen) atoms. The third kappa shape index (κ3) is 29.2. The van der Waals surface area contributed by atoms with Crippen molar-refractivity contribution in [3.63, 3.8) is 0 Å². The van der Waals surface area contributed by atoms with Crippen molar-refractivity contribution in [3.8, 4) is 11.5 Å². The molecular formula is C68H107F9O14SSi3. The number of methoxy groups -OCH3 is 2. The monoisotopic (exact) mass is 1430 g/mol. The van der Waals surface area contributed by atoms with Gasteiger partial charge < -0.3 is 47.0 Å². The fraction of sp³-hybridized carbons (Fsp3) is 0.676. The largest absolute Gasteiger partial charge is 0.522 e. The molecule has 2 aliphatic rings. The molecule has 0 aromatic heterocycles. The zero-order chi connectivity index (χ0) is 73.0. The number of hydrogen-bond donors (Lipinski definition) is 3. The molecule has 4 rings (SSSR count). The third-order valence-corrected chi connectivity index (χ3v) is 34.2. The molecule has 0 spiro atoms. The Morgan fingerprint density at radius 3 is 1.47 bits per heavy atom. The van der Waals surface area contributed by atoms with E-state index in [1.54, 1.807) is 32.9 Å². The molecule has 27 heteroatoms. The van der Waals surface area contributed by atoms with Gasteiger partial charge in [-0.25, -0.2) is 0 Å². The van der Waals surface area contributed by atoms with Gasteiger partial charge in [-0.05, 0) is 159 Å². The number of hydrogen-bond acceptors (Lipinski definition) is 14. The molecule has 0 bridgehead atoms. The number of ether oxygens (including phenoxy) is 4. The Balaban J connectivity index is 0.000000551. The molecule has 10 atom stereocenters. The van der Waals surface area contributed by atoms with Crippen LogP contribution in [0.25, 0.3) is 0 Å². The van der Waals surface area contributed by atoms with Crippen LogP contribution in [0, 0.1) is 29.6 Å². The Labute approximate surface area is 562 Å². The number of halogens is 9. The summed E-state index contributed by atoms with van der Waals surface area (Å²) in [6.45, 7) is 32.2. The number of esters is 2. The molecule has 3 N–H and O–H groups in total. The van der Waals surface area contributed by atoms with Crippen molar-refractivity contribution in [1.29, 1.82) is 0 Å². The summed E-state index contributed by atoms with van der Waals surface area (Å²) in [6, 6.07) is 9.41. The van der Waals surface area contributed by atoms with Gasteiger partial charge in [-0.15, -0.1) is 0 Å². The van der Waals surface area contributed by atoms with E-state index in [2.05, 4.69) is 108 Å². The lowest BCUT2D eigenvalue weighted by Gasteiger charge is -2.40. The summed E-state index contributed by atoms with van der Waals surface area (Å²) in [4.78, 5) is 22.6. The van der Waals surface area contributed by atoms with E-state index in [1.807, 2.05) is 12.2 Å². The van der Waals surface area contributed by atoms with Crippen LogP contribution in [0.4, 0.5) is 39.5 Å². The van der Waals surface area contributed by atoms with Gasteiger partial charge in [-0.2, -0.15) is 47.9 Å². The molecule has 0 saturated heterocycles. The highest BCUT2D eigenvalue weighted by molar-refractivity contribution is 7.88. The van der Waals surface area contributed by atoms with Crippen LogP contribution >= 0.6 is 0 Å². The summed E-state index contributed by atoms with van der Waals surface area (Å²) in [5.74, 6) is -0.0767. The predicted molar refractivity (Wildman–Crippen MR) is 359 cm³/mol. The van der Waals surface area contributed by atoms with Crippen LogP contribution in [-0.2, 0) is 54.3 Å². The molecule has 2 aromatic carbocycles. The smallest absolute Gasteiger partial charge is 0.491 e. The molecule has 2 aromatic rings. The standard InChI is InChI=1S/C37H61F3O5Si2.C24H31F3O6.C7H15F3O3SSi/c1-27-24-33(45-47(11,12)36(5,6)7)32(20-15-13-14-16-21-34(41)42-8)31(27)23-22-30(44-46(9,10)35(2,3)4)26-43-29-19-17-18-28(25-29)37(38,39)40;1-32-23(31)10-5-3-2-4-9-19-20(22(30)14-21(19)29)12-11-17(28)15-33-18-8-6-7-16(13-18)24(25,26)27;1-6(2,3)15(4,5)13-14(11,12)7(8,9)10/h13,15,17-19,22-23,25,27,30-33H,14,16,20-21,24,26H2,1-12H3;2,4,6-8,11-13,17,19-22,28-30H,3,5,9-10,14-15H2,1H3;1-5H3/b15-13-,23-22+;4-2-,12-11+;/t27-,30-,31+,32-,33+;17-,19-,20-,21+,22-;/m11./s1. The Morgan fingerprint density at radius 1 is 0.600 bits per heavy atom. The zero-order valence-electron chi connectivity index (χ0n) is 58.6. The number of aliphatic hydroxyl groups excluding tert-OH is 3. The van der Waals surface area contributed by atoms with Crippen LogP contribution in [0.15, 0.2) is 97.1 Å². The van der Waals surface area contributed by atoms with Gasteiger partial charge in [0, 0.05) is 31.3 Å². The lowest BCUT2D eigenvalue weighted by Crippen LogP contribution is -2.45. The van der Waals surface area contributed by atoms with Crippen LogP contribution in [0.2, 0.25) is 54.4 Å². The lowest BCUT2D eigenvalue weighted by atomic mass is 9.87. The van der Waals surface area contributed by atoms with Crippen LogP contribution in [0.3, 0.4) is 0 Å². The van der Waals surface area contributed by atoms with Crippen molar-refractivity contribution in [3.05, 3.63) is 108 Å². The van der Waals surface area contributed by atoms with Crippen molar-refractivity contribution in [2.75, 3.05) is 27.4 Å². The Hall–Kier alpha value is -4.33. The molecule has 0 unspecified atom stereocenters. The molecule has 2 saturated carbocycles. The molecule has 14 nitrogen and oxygen atoms in total. The maximum atomic E-state index is 13.4. The van der Waals surface area contributed by atoms with Crippen molar-refractivity contribution >= 4 is 47.0 Å². The molecule has 544 valence electrons. The number of unbranched alkanes of at least 4 members (excludes halogenated alkanes) is 2. The van der Waals surface area contributed by atoms with Gasteiger partial charge in [0.2, 0.25) is 8.32 Å². The Kier molecular flexibility index (Phi) is 33.5. The van der Waals surface area contributed by atoms with E-state index in [0.29, 0.717) is 38.0 Å². The van der Waals surface area contributed by atoms with Crippen LogP contribution < -0.4 is 9.47 Å². The van der Waals surface area contributed by atoms with E-state index in [9.17, 15) is 72.8 Å². The van der Waals surface area contributed by atoms with Crippen molar-refractivity contribution in [2.45, 2.75) is 236 Å². The minimum atomic E-state index is -5.48. The summed E-state index contributed by atoms with van der Waals surface area (Å²) >= 11 is 0. The van der Waals surface area contributed by atoms with E-state index in [0.717, 1.165) is 49.9 Å². The van der Waals surface area contributed by atoms with Gasteiger partial charge >= 0.3 is 39.9 Å². The number of carbonyl (C=O) groups is 2. The fourth-order valence-electron chi connectivity index (χ4n) is 9.66. The van der Waals surface area contributed by atoms with E-state index in [1.165, 1.54) is 51.6 Å². The first-order valence-electron chi connectivity index (χ1n) is 32.1. The highest BCUT2D eigenvalue weighted by Gasteiger charge is 2.53. The molecule has 0 heterocycles. The topological polar surface area (TPSA) is 194 Å². The molecule has 0 radical (unpaired) electrons. The summed E-state index contributed by atoms with van der Waals surface area (Å²) in [5, 5.41) is 30.1. The van der Waals surface area contributed by atoms with E-state index >= 15 is 0 Å². The number of aliphatic hydroxyl groups is 3. The number of benzene rings is 2.